The molecule has 0 spiro atoms. The minimum atomic E-state index is -3.69. The molecule has 112 valence electrons. The van der Waals surface area contributed by atoms with E-state index in [-0.39, 0.29) is 17.3 Å². The number of benzene rings is 1. The molecule has 2 rings (SSSR count). The second kappa shape index (κ2) is 6.20. The molecule has 9 heteroatoms. The Morgan fingerprint density at radius 1 is 1.33 bits per heavy atom. The molecule has 0 saturated heterocycles. The van der Waals surface area contributed by atoms with Crippen molar-refractivity contribution in [2.75, 3.05) is 16.6 Å². The van der Waals surface area contributed by atoms with Crippen molar-refractivity contribution in [2.24, 2.45) is 5.73 Å². The van der Waals surface area contributed by atoms with Crippen LogP contribution in [-0.4, -0.2) is 25.9 Å². The maximum absolute atomic E-state index is 12.1. The van der Waals surface area contributed by atoms with Crippen molar-refractivity contribution >= 4 is 38.1 Å². The average Bonchev–Trinajstić information content (AvgIpc) is 2.83. The van der Waals surface area contributed by atoms with E-state index in [9.17, 15) is 13.2 Å². The summed E-state index contributed by atoms with van der Waals surface area (Å²) in [7, 11) is -3.69. The highest BCUT2D eigenvalue weighted by Gasteiger charge is 2.15. The number of aromatic nitrogens is 1. The standard InChI is InChI=1S/C12H14N4O3S2/c1-8-7-20-12(14-8)16-21(18,19)10-4-2-9(3-5-10)15-11(17)6-13/h2-5,7H,6,13H2,1H3,(H,14,16)(H,15,17). The normalized spacial score (nSPS) is 11.1. The van der Waals surface area contributed by atoms with Gasteiger partial charge in [-0.1, -0.05) is 0 Å². The number of amides is 1. The second-order valence-corrected chi connectivity index (χ2v) is 6.72. The van der Waals surface area contributed by atoms with Crippen LogP contribution in [0, 0.1) is 6.92 Å². The number of sulfonamides is 1. The third-order valence-corrected chi connectivity index (χ3v) is 4.83. The van der Waals surface area contributed by atoms with Crippen LogP contribution in [0.5, 0.6) is 0 Å². The predicted molar refractivity (Wildman–Crippen MR) is 81.8 cm³/mol. The van der Waals surface area contributed by atoms with Crippen LogP contribution in [-0.2, 0) is 14.8 Å². The van der Waals surface area contributed by atoms with Gasteiger partial charge >= 0.3 is 0 Å². The summed E-state index contributed by atoms with van der Waals surface area (Å²) in [5, 5.41) is 4.60. The van der Waals surface area contributed by atoms with Gasteiger partial charge in [-0.25, -0.2) is 13.4 Å². The summed E-state index contributed by atoms with van der Waals surface area (Å²) in [6.45, 7) is 1.65. The monoisotopic (exact) mass is 326 g/mol. The molecule has 0 aliphatic carbocycles. The number of rotatable bonds is 5. The quantitative estimate of drug-likeness (QED) is 0.762. The Bertz CT molecular complexity index is 738. The van der Waals surface area contributed by atoms with E-state index in [1.807, 2.05) is 0 Å². The topological polar surface area (TPSA) is 114 Å². The molecule has 0 atom stereocenters. The highest BCUT2D eigenvalue weighted by molar-refractivity contribution is 7.93. The largest absolute Gasteiger partial charge is 0.325 e. The van der Waals surface area contributed by atoms with E-state index < -0.39 is 10.0 Å². The molecule has 0 bridgehead atoms. The molecule has 0 fully saturated rings. The molecule has 0 unspecified atom stereocenters. The van der Waals surface area contributed by atoms with E-state index in [4.69, 9.17) is 5.73 Å². The van der Waals surface area contributed by atoms with Gasteiger partial charge in [0.15, 0.2) is 5.13 Å². The van der Waals surface area contributed by atoms with Gasteiger partial charge in [-0.05, 0) is 31.2 Å². The Labute approximate surface area is 126 Å². The third kappa shape index (κ3) is 4.00. The maximum Gasteiger partial charge on any atom is 0.263 e. The zero-order valence-electron chi connectivity index (χ0n) is 11.2. The molecular formula is C12H14N4O3S2. The Kier molecular flexibility index (Phi) is 4.56. The number of nitrogens with one attached hydrogen (secondary N) is 2. The molecule has 1 heterocycles. The zero-order valence-corrected chi connectivity index (χ0v) is 12.8. The number of nitrogens with two attached hydrogens (primary N) is 1. The number of carbonyl (C=O) groups excluding carboxylic acids is 1. The fourth-order valence-corrected chi connectivity index (χ4v) is 3.45. The Hall–Kier alpha value is -1.97. The van der Waals surface area contributed by atoms with Gasteiger partial charge in [-0.15, -0.1) is 11.3 Å². The van der Waals surface area contributed by atoms with Crippen LogP contribution in [0.4, 0.5) is 10.8 Å². The van der Waals surface area contributed by atoms with E-state index in [1.165, 1.54) is 35.6 Å². The Balaban J connectivity index is 2.15. The van der Waals surface area contributed by atoms with E-state index in [1.54, 1.807) is 12.3 Å². The molecule has 0 saturated carbocycles. The molecule has 1 aromatic heterocycles. The molecule has 1 amide bonds. The van der Waals surface area contributed by atoms with E-state index in [0.717, 1.165) is 5.69 Å². The lowest BCUT2D eigenvalue weighted by atomic mass is 10.3. The molecular weight excluding hydrogens is 312 g/mol. The van der Waals surface area contributed by atoms with Crippen molar-refractivity contribution in [1.29, 1.82) is 0 Å². The summed E-state index contributed by atoms with van der Waals surface area (Å²) in [5.41, 5.74) is 6.41. The number of anilines is 2. The Morgan fingerprint density at radius 3 is 2.52 bits per heavy atom. The van der Waals surface area contributed by atoms with Crippen molar-refractivity contribution < 1.29 is 13.2 Å². The van der Waals surface area contributed by atoms with Crippen molar-refractivity contribution in [3.05, 3.63) is 35.3 Å². The molecule has 4 N–H and O–H groups in total. The van der Waals surface area contributed by atoms with Gasteiger partial charge in [0, 0.05) is 11.1 Å². The first-order valence-electron chi connectivity index (χ1n) is 5.95. The van der Waals surface area contributed by atoms with Gasteiger partial charge < -0.3 is 11.1 Å². The van der Waals surface area contributed by atoms with Crippen molar-refractivity contribution in [3.8, 4) is 0 Å². The fourth-order valence-electron chi connectivity index (χ4n) is 1.50. The third-order valence-electron chi connectivity index (χ3n) is 2.47. The van der Waals surface area contributed by atoms with Crippen molar-refractivity contribution in [1.82, 2.24) is 4.98 Å². The summed E-state index contributed by atoms with van der Waals surface area (Å²) in [6, 6.07) is 5.79. The Morgan fingerprint density at radius 2 is 2.00 bits per heavy atom. The van der Waals surface area contributed by atoms with Gasteiger partial charge in [0.05, 0.1) is 17.1 Å². The SMILES string of the molecule is Cc1csc(NS(=O)(=O)c2ccc(NC(=O)CN)cc2)n1. The minimum Gasteiger partial charge on any atom is -0.325 e. The van der Waals surface area contributed by atoms with Crippen LogP contribution in [0.2, 0.25) is 0 Å². The summed E-state index contributed by atoms with van der Waals surface area (Å²) in [4.78, 5) is 15.3. The number of thiazole rings is 1. The highest BCUT2D eigenvalue weighted by atomic mass is 32.2. The van der Waals surface area contributed by atoms with Crippen LogP contribution >= 0.6 is 11.3 Å². The number of aryl methyl sites for hydroxylation is 1. The molecule has 0 radical (unpaired) electrons. The summed E-state index contributed by atoms with van der Waals surface area (Å²) < 4.78 is 26.7. The molecule has 1 aromatic carbocycles. The number of nitrogens with zero attached hydrogens (tertiary/aromatic N) is 1. The van der Waals surface area contributed by atoms with Gasteiger partial charge in [0.25, 0.3) is 10.0 Å². The highest BCUT2D eigenvalue weighted by Crippen LogP contribution is 2.20. The molecule has 21 heavy (non-hydrogen) atoms. The van der Waals surface area contributed by atoms with Crippen LogP contribution in [0.15, 0.2) is 34.5 Å². The van der Waals surface area contributed by atoms with Crippen molar-refractivity contribution in [2.45, 2.75) is 11.8 Å². The number of hydrogen-bond acceptors (Lipinski definition) is 6. The van der Waals surface area contributed by atoms with Crippen LogP contribution in [0.3, 0.4) is 0 Å². The van der Waals surface area contributed by atoms with Crippen LogP contribution in [0.1, 0.15) is 5.69 Å². The molecule has 0 aliphatic rings. The van der Waals surface area contributed by atoms with E-state index in [0.29, 0.717) is 10.8 Å². The number of hydrogen-bond donors (Lipinski definition) is 3. The van der Waals surface area contributed by atoms with Gasteiger partial charge in [0.2, 0.25) is 5.91 Å². The predicted octanol–water partition coefficient (Wildman–Crippen LogP) is 1.15. The summed E-state index contributed by atoms with van der Waals surface area (Å²) in [6.07, 6.45) is 0. The van der Waals surface area contributed by atoms with Gasteiger partial charge in [-0.3, -0.25) is 9.52 Å². The van der Waals surface area contributed by atoms with Gasteiger partial charge in [-0.2, -0.15) is 0 Å². The van der Waals surface area contributed by atoms with Crippen molar-refractivity contribution in [3.63, 3.8) is 0 Å². The zero-order chi connectivity index (χ0) is 15.5. The van der Waals surface area contributed by atoms with Crippen LogP contribution < -0.4 is 15.8 Å². The fraction of sp³-hybridized carbons (Fsp3) is 0.167. The summed E-state index contributed by atoms with van der Waals surface area (Å²) in [5.74, 6) is -0.345. The lowest BCUT2D eigenvalue weighted by Gasteiger charge is -2.07. The average molecular weight is 326 g/mol. The minimum absolute atomic E-state index is 0.0844. The van der Waals surface area contributed by atoms with E-state index >= 15 is 0 Å². The lowest BCUT2D eigenvalue weighted by Crippen LogP contribution is -2.21. The summed E-state index contributed by atoms with van der Waals surface area (Å²) >= 11 is 1.21. The van der Waals surface area contributed by atoms with E-state index in [2.05, 4.69) is 15.0 Å². The first-order chi connectivity index (χ1) is 9.90. The first-order valence-corrected chi connectivity index (χ1v) is 8.32. The first kappa shape index (κ1) is 15.4. The maximum atomic E-state index is 12.1. The number of carbonyl (C=O) groups is 1. The second-order valence-electron chi connectivity index (χ2n) is 4.18. The lowest BCUT2D eigenvalue weighted by molar-refractivity contribution is -0.114. The molecule has 0 aliphatic heterocycles. The van der Waals surface area contributed by atoms with Gasteiger partial charge in [0.1, 0.15) is 0 Å². The molecule has 7 nitrogen and oxygen atoms in total. The smallest absolute Gasteiger partial charge is 0.263 e. The van der Waals surface area contributed by atoms with Crippen LogP contribution in [0.25, 0.3) is 0 Å². The molecule has 2 aromatic rings.